The molecule has 1 fully saturated rings. The Kier molecular flexibility index (Phi) is 4.59. The van der Waals surface area contributed by atoms with Crippen LogP contribution in [0.3, 0.4) is 0 Å². The maximum atomic E-state index is 12.4. The van der Waals surface area contributed by atoms with Crippen molar-refractivity contribution in [3.05, 3.63) is 42.5 Å². The van der Waals surface area contributed by atoms with Gasteiger partial charge in [-0.15, -0.1) is 0 Å². The number of amides is 1. The topological polar surface area (TPSA) is 97.1 Å². The maximum Gasteiger partial charge on any atom is 0.311 e. The number of benzene rings is 1. The van der Waals surface area contributed by atoms with Gasteiger partial charge in [0.1, 0.15) is 12.7 Å². The number of aliphatic carboxylic acids is 1. The first-order valence-corrected chi connectivity index (χ1v) is 8.07. The van der Waals surface area contributed by atoms with E-state index in [-0.39, 0.29) is 12.5 Å². The fraction of sp³-hybridized carbons (Fsp3) is 0.412. The molecule has 7 heteroatoms. The summed E-state index contributed by atoms with van der Waals surface area (Å²) in [6.45, 7) is 0.161. The van der Waals surface area contributed by atoms with E-state index in [1.165, 1.54) is 6.33 Å². The minimum atomic E-state index is -0.836. The lowest BCUT2D eigenvalue weighted by molar-refractivity contribution is -0.150. The van der Waals surface area contributed by atoms with Gasteiger partial charge >= 0.3 is 5.97 Å². The monoisotopic (exact) mass is 328 g/mol. The Morgan fingerprint density at radius 3 is 2.71 bits per heavy atom. The van der Waals surface area contributed by atoms with E-state index in [0.29, 0.717) is 18.4 Å². The molecule has 1 aromatic heterocycles. The van der Waals surface area contributed by atoms with Crippen LogP contribution in [0.2, 0.25) is 0 Å². The summed E-state index contributed by atoms with van der Waals surface area (Å²) in [7, 11) is 0. The number of hydrogen-bond donors (Lipinski definition) is 2. The van der Waals surface area contributed by atoms with E-state index in [4.69, 9.17) is 0 Å². The van der Waals surface area contributed by atoms with Crippen LogP contribution in [0.15, 0.2) is 36.9 Å². The molecule has 7 nitrogen and oxygen atoms in total. The predicted molar refractivity (Wildman–Crippen MR) is 86.8 cm³/mol. The van der Waals surface area contributed by atoms with Gasteiger partial charge in [-0.1, -0.05) is 25.3 Å². The standard InChI is InChI=1S/C17H20N4O3/c22-15(19-10-17(16(23)24)7-2-1-3-8-17)13-5-4-6-14(9-13)21-12-18-11-20-21/h4-6,9,11-12H,1-3,7-8,10H2,(H,19,22)(H,23,24). The Bertz CT molecular complexity index is 721. The molecule has 1 saturated carbocycles. The molecule has 3 rings (SSSR count). The zero-order valence-electron chi connectivity index (χ0n) is 13.3. The van der Waals surface area contributed by atoms with Crippen LogP contribution in [0.25, 0.3) is 5.69 Å². The summed E-state index contributed by atoms with van der Waals surface area (Å²) in [5.41, 5.74) is 0.363. The Labute approximate surface area is 139 Å². The summed E-state index contributed by atoms with van der Waals surface area (Å²) in [6.07, 6.45) is 7.05. The van der Waals surface area contributed by atoms with Crippen molar-refractivity contribution in [3.63, 3.8) is 0 Å². The quantitative estimate of drug-likeness (QED) is 0.875. The molecule has 1 aromatic carbocycles. The Balaban J connectivity index is 1.71. The second kappa shape index (κ2) is 6.82. The van der Waals surface area contributed by atoms with Crippen LogP contribution < -0.4 is 5.32 Å². The molecule has 1 amide bonds. The van der Waals surface area contributed by atoms with Crippen molar-refractivity contribution in [3.8, 4) is 5.69 Å². The van der Waals surface area contributed by atoms with Crippen LogP contribution in [0.1, 0.15) is 42.5 Å². The van der Waals surface area contributed by atoms with Gasteiger partial charge in [0.15, 0.2) is 0 Å². The van der Waals surface area contributed by atoms with Gasteiger partial charge in [-0.05, 0) is 31.0 Å². The molecule has 0 saturated heterocycles. The average Bonchev–Trinajstić information content (AvgIpc) is 3.15. The van der Waals surface area contributed by atoms with Crippen molar-refractivity contribution in [1.29, 1.82) is 0 Å². The Morgan fingerprint density at radius 1 is 1.25 bits per heavy atom. The third kappa shape index (κ3) is 3.29. The van der Waals surface area contributed by atoms with Gasteiger partial charge < -0.3 is 10.4 Å². The van der Waals surface area contributed by atoms with Crippen LogP contribution >= 0.6 is 0 Å². The Hall–Kier alpha value is -2.70. The van der Waals surface area contributed by atoms with E-state index >= 15 is 0 Å². The maximum absolute atomic E-state index is 12.4. The molecule has 1 aliphatic carbocycles. The average molecular weight is 328 g/mol. The number of hydrogen-bond acceptors (Lipinski definition) is 4. The van der Waals surface area contributed by atoms with Crippen LogP contribution in [0, 0.1) is 5.41 Å². The molecule has 1 heterocycles. The van der Waals surface area contributed by atoms with Gasteiger partial charge in [-0.25, -0.2) is 9.67 Å². The highest BCUT2D eigenvalue weighted by molar-refractivity contribution is 5.95. The van der Waals surface area contributed by atoms with Gasteiger partial charge in [0.2, 0.25) is 0 Å². The van der Waals surface area contributed by atoms with Crippen molar-refractivity contribution in [1.82, 2.24) is 20.1 Å². The first-order valence-electron chi connectivity index (χ1n) is 8.07. The minimum Gasteiger partial charge on any atom is -0.481 e. The van der Waals surface area contributed by atoms with E-state index in [1.807, 2.05) is 6.07 Å². The van der Waals surface area contributed by atoms with E-state index in [9.17, 15) is 14.7 Å². The molecule has 0 bridgehead atoms. The molecule has 0 radical (unpaired) electrons. The molecule has 0 atom stereocenters. The van der Waals surface area contributed by atoms with E-state index < -0.39 is 11.4 Å². The predicted octanol–water partition coefficient (Wildman–Crippen LogP) is 2.03. The smallest absolute Gasteiger partial charge is 0.311 e. The summed E-state index contributed by atoms with van der Waals surface area (Å²) in [4.78, 5) is 28.0. The number of rotatable bonds is 5. The molecular weight excluding hydrogens is 308 g/mol. The lowest BCUT2D eigenvalue weighted by Gasteiger charge is -2.33. The normalized spacial score (nSPS) is 16.5. The van der Waals surface area contributed by atoms with Crippen LogP contribution in [-0.2, 0) is 4.79 Å². The third-order valence-corrected chi connectivity index (χ3v) is 4.64. The lowest BCUT2D eigenvalue weighted by Crippen LogP contribution is -2.44. The van der Waals surface area contributed by atoms with Crippen molar-refractivity contribution >= 4 is 11.9 Å². The number of carbonyl (C=O) groups is 2. The number of carboxylic acids is 1. The second-order valence-corrected chi connectivity index (χ2v) is 6.22. The highest BCUT2D eigenvalue weighted by Crippen LogP contribution is 2.36. The SMILES string of the molecule is O=C(NCC1(C(=O)O)CCCCC1)c1cccc(-n2cncn2)c1. The number of carbonyl (C=O) groups excluding carboxylic acids is 1. The van der Waals surface area contributed by atoms with Crippen molar-refractivity contribution in [2.24, 2.45) is 5.41 Å². The number of carboxylic acid groups (broad SMARTS) is 1. The van der Waals surface area contributed by atoms with Crippen molar-refractivity contribution < 1.29 is 14.7 Å². The van der Waals surface area contributed by atoms with Crippen LogP contribution in [0.4, 0.5) is 0 Å². The van der Waals surface area contributed by atoms with Gasteiger partial charge in [0.05, 0.1) is 11.1 Å². The summed E-state index contributed by atoms with van der Waals surface area (Å²) < 4.78 is 1.57. The highest BCUT2D eigenvalue weighted by Gasteiger charge is 2.39. The Morgan fingerprint density at radius 2 is 2.04 bits per heavy atom. The van der Waals surface area contributed by atoms with Crippen molar-refractivity contribution in [2.75, 3.05) is 6.54 Å². The highest BCUT2D eigenvalue weighted by atomic mass is 16.4. The van der Waals surface area contributed by atoms with E-state index in [2.05, 4.69) is 15.4 Å². The van der Waals surface area contributed by atoms with E-state index in [1.54, 1.807) is 29.2 Å². The molecule has 0 spiro atoms. The van der Waals surface area contributed by atoms with Crippen LogP contribution in [0.5, 0.6) is 0 Å². The fourth-order valence-corrected chi connectivity index (χ4v) is 3.18. The van der Waals surface area contributed by atoms with Gasteiger partial charge in [0, 0.05) is 12.1 Å². The van der Waals surface area contributed by atoms with Crippen LogP contribution in [-0.4, -0.2) is 38.3 Å². The number of nitrogens with one attached hydrogen (secondary N) is 1. The second-order valence-electron chi connectivity index (χ2n) is 6.22. The zero-order valence-corrected chi connectivity index (χ0v) is 13.3. The molecule has 24 heavy (non-hydrogen) atoms. The first kappa shape index (κ1) is 16.2. The molecule has 0 aliphatic heterocycles. The molecule has 2 aromatic rings. The molecule has 126 valence electrons. The lowest BCUT2D eigenvalue weighted by atomic mass is 9.74. The zero-order chi connectivity index (χ0) is 17.0. The van der Waals surface area contributed by atoms with E-state index in [0.717, 1.165) is 24.9 Å². The summed E-state index contributed by atoms with van der Waals surface area (Å²) in [6, 6.07) is 6.99. The first-order chi connectivity index (χ1) is 11.6. The molecule has 0 unspecified atom stereocenters. The molecular formula is C17H20N4O3. The largest absolute Gasteiger partial charge is 0.481 e. The third-order valence-electron chi connectivity index (χ3n) is 4.64. The van der Waals surface area contributed by atoms with Gasteiger partial charge in [-0.2, -0.15) is 5.10 Å². The minimum absolute atomic E-state index is 0.161. The molecule has 1 aliphatic rings. The van der Waals surface area contributed by atoms with Crippen molar-refractivity contribution in [2.45, 2.75) is 32.1 Å². The fourth-order valence-electron chi connectivity index (χ4n) is 3.18. The summed E-state index contributed by atoms with van der Waals surface area (Å²) in [5, 5.41) is 16.4. The molecule has 2 N–H and O–H groups in total. The van der Waals surface area contributed by atoms with Gasteiger partial charge in [-0.3, -0.25) is 9.59 Å². The summed E-state index contributed by atoms with van der Waals surface area (Å²) >= 11 is 0. The van der Waals surface area contributed by atoms with Gasteiger partial charge in [0.25, 0.3) is 5.91 Å². The number of nitrogens with zero attached hydrogens (tertiary/aromatic N) is 3. The summed E-state index contributed by atoms with van der Waals surface area (Å²) in [5.74, 6) is -1.10. The number of aromatic nitrogens is 3.